The normalized spacial score (nSPS) is 19.4. The van der Waals surface area contributed by atoms with Gasteiger partial charge in [-0.15, -0.1) is 0 Å². The maximum atomic E-state index is 9.03. The van der Waals surface area contributed by atoms with E-state index in [4.69, 9.17) is 14.6 Å². The first-order valence-corrected chi connectivity index (χ1v) is 4.26. The van der Waals surface area contributed by atoms with Crippen LogP contribution in [0.1, 0.15) is 11.5 Å². The van der Waals surface area contributed by atoms with Gasteiger partial charge in [0.25, 0.3) is 0 Å². The van der Waals surface area contributed by atoms with Gasteiger partial charge < -0.3 is 14.6 Å². The highest BCUT2D eigenvalue weighted by molar-refractivity contribution is 5.45. The zero-order valence-corrected chi connectivity index (χ0v) is 7.49. The van der Waals surface area contributed by atoms with Crippen molar-refractivity contribution in [3.8, 4) is 11.5 Å². The number of ether oxygens (including phenoxy) is 2. The van der Waals surface area contributed by atoms with Gasteiger partial charge in [0.2, 0.25) is 0 Å². The summed E-state index contributed by atoms with van der Waals surface area (Å²) in [7, 11) is 1.63. The molecule has 1 aliphatic rings. The summed E-state index contributed by atoms with van der Waals surface area (Å²) in [6.07, 6.45) is 0. The average Bonchev–Trinajstić information content (AvgIpc) is 2.59. The van der Waals surface area contributed by atoms with Crippen LogP contribution in [0.5, 0.6) is 11.5 Å². The highest BCUT2D eigenvalue weighted by Gasteiger charge is 2.23. The third-order valence-corrected chi connectivity index (χ3v) is 2.32. The summed E-state index contributed by atoms with van der Waals surface area (Å²) in [5, 5.41) is 9.03. The molecule has 1 atom stereocenters. The number of aliphatic hydroxyl groups excluding tert-OH is 1. The van der Waals surface area contributed by atoms with Crippen LogP contribution < -0.4 is 9.47 Å². The monoisotopic (exact) mass is 180 g/mol. The Hall–Kier alpha value is -1.22. The number of aliphatic hydroxyl groups is 1. The average molecular weight is 180 g/mol. The number of fused-ring (bicyclic) bond motifs is 1. The van der Waals surface area contributed by atoms with Crippen LogP contribution in [0.15, 0.2) is 18.2 Å². The van der Waals surface area contributed by atoms with Gasteiger partial charge in [-0.1, -0.05) is 6.07 Å². The van der Waals surface area contributed by atoms with Crippen LogP contribution in [0.3, 0.4) is 0 Å². The first-order valence-electron chi connectivity index (χ1n) is 4.26. The van der Waals surface area contributed by atoms with Crippen molar-refractivity contribution >= 4 is 0 Å². The first kappa shape index (κ1) is 8.38. The van der Waals surface area contributed by atoms with Crippen LogP contribution in [0.2, 0.25) is 0 Å². The Kier molecular flexibility index (Phi) is 2.10. The van der Waals surface area contributed by atoms with Gasteiger partial charge in [0.05, 0.1) is 20.3 Å². The Morgan fingerprint density at radius 3 is 3.15 bits per heavy atom. The molecule has 0 saturated carbocycles. The summed E-state index contributed by atoms with van der Waals surface area (Å²) in [6.45, 7) is 0.707. The lowest BCUT2D eigenvalue weighted by Crippen LogP contribution is -2.04. The predicted molar refractivity (Wildman–Crippen MR) is 48.3 cm³/mol. The lowest BCUT2D eigenvalue weighted by Gasteiger charge is -2.04. The van der Waals surface area contributed by atoms with Gasteiger partial charge in [-0.05, 0) is 6.07 Å². The van der Waals surface area contributed by atoms with E-state index < -0.39 is 0 Å². The zero-order chi connectivity index (χ0) is 9.26. The van der Waals surface area contributed by atoms with Crippen molar-refractivity contribution in [3.63, 3.8) is 0 Å². The maximum Gasteiger partial charge on any atom is 0.126 e. The second-order valence-electron chi connectivity index (χ2n) is 3.09. The standard InChI is InChI=1S/C10H12O3/c1-12-8-2-3-9-7(5-11)6-13-10(9)4-8/h2-4,7,11H,5-6H2,1H3. The van der Waals surface area contributed by atoms with E-state index in [-0.39, 0.29) is 12.5 Å². The maximum absolute atomic E-state index is 9.03. The van der Waals surface area contributed by atoms with Gasteiger partial charge in [0, 0.05) is 17.5 Å². The molecule has 1 heterocycles. The van der Waals surface area contributed by atoms with Gasteiger partial charge in [-0.3, -0.25) is 0 Å². The molecule has 1 aromatic rings. The van der Waals surface area contributed by atoms with Crippen molar-refractivity contribution in [2.24, 2.45) is 0 Å². The Morgan fingerprint density at radius 1 is 1.62 bits per heavy atom. The second-order valence-corrected chi connectivity index (χ2v) is 3.09. The zero-order valence-electron chi connectivity index (χ0n) is 7.49. The van der Waals surface area contributed by atoms with Gasteiger partial charge in [-0.25, -0.2) is 0 Å². The molecule has 13 heavy (non-hydrogen) atoms. The molecule has 0 saturated heterocycles. The number of hydrogen-bond acceptors (Lipinski definition) is 3. The molecular weight excluding hydrogens is 168 g/mol. The van der Waals surface area contributed by atoms with Crippen LogP contribution >= 0.6 is 0 Å². The molecule has 3 nitrogen and oxygen atoms in total. The Balaban J connectivity index is 2.34. The Bertz CT molecular complexity index is 309. The van der Waals surface area contributed by atoms with E-state index in [1.165, 1.54) is 0 Å². The van der Waals surface area contributed by atoms with E-state index in [0.717, 1.165) is 17.1 Å². The summed E-state index contributed by atoms with van der Waals surface area (Å²) in [5.74, 6) is 1.75. The third kappa shape index (κ3) is 1.35. The van der Waals surface area contributed by atoms with Crippen LogP contribution in [-0.4, -0.2) is 25.4 Å². The smallest absolute Gasteiger partial charge is 0.126 e. The summed E-state index contributed by atoms with van der Waals surface area (Å²) in [4.78, 5) is 0. The summed E-state index contributed by atoms with van der Waals surface area (Å²) in [6, 6.07) is 5.68. The van der Waals surface area contributed by atoms with Gasteiger partial charge in [0.1, 0.15) is 11.5 Å². The highest BCUT2D eigenvalue weighted by atomic mass is 16.5. The molecule has 70 valence electrons. The summed E-state index contributed by atoms with van der Waals surface area (Å²) in [5.41, 5.74) is 1.07. The summed E-state index contributed by atoms with van der Waals surface area (Å²) < 4.78 is 10.5. The van der Waals surface area contributed by atoms with Crippen molar-refractivity contribution in [3.05, 3.63) is 23.8 Å². The fourth-order valence-corrected chi connectivity index (χ4v) is 1.54. The molecule has 0 amide bonds. The van der Waals surface area contributed by atoms with E-state index in [1.807, 2.05) is 18.2 Å². The van der Waals surface area contributed by atoms with E-state index in [1.54, 1.807) is 7.11 Å². The molecule has 0 bridgehead atoms. The van der Waals surface area contributed by atoms with Crippen LogP contribution in [0.25, 0.3) is 0 Å². The van der Waals surface area contributed by atoms with E-state index >= 15 is 0 Å². The lowest BCUT2D eigenvalue weighted by atomic mass is 10.0. The molecule has 0 aliphatic carbocycles. The molecule has 1 N–H and O–H groups in total. The molecule has 1 aromatic carbocycles. The van der Waals surface area contributed by atoms with Crippen molar-refractivity contribution in [1.29, 1.82) is 0 Å². The molecule has 0 fully saturated rings. The second kappa shape index (κ2) is 3.26. The first-order chi connectivity index (χ1) is 6.35. The fourth-order valence-electron chi connectivity index (χ4n) is 1.54. The minimum Gasteiger partial charge on any atom is -0.497 e. The fraction of sp³-hybridized carbons (Fsp3) is 0.400. The van der Waals surface area contributed by atoms with Crippen LogP contribution in [-0.2, 0) is 0 Å². The van der Waals surface area contributed by atoms with Gasteiger partial charge >= 0.3 is 0 Å². The molecule has 3 heteroatoms. The highest BCUT2D eigenvalue weighted by Crippen LogP contribution is 2.35. The van der Waals surface area contributed by atoms with E-state index in [9.17, 15) is 0 Å². The molecule has 2 rings (SSSR count). The quantitative estimate of drug-likeness (QED) is 0.742. The van der Waals surface area contributed by atoms with Crippen molar-refractivity contribution in [1.82, 2.24) is 0 Å². The number of methoxy groups -OCH3 is 1. The third-order valence-electron chi connectivity index (χ3n) is 2.32. The van der Waals surface area contributed by atoms with E-state index in [2.05, 4.69) is 0 Å². The van der Waals surface area contributed by atoms with Crippen molar-refractivity contribution in [2.45, 2.75) is 5.92 Å². The Morgan fingerprint density at radius 2 is 2.46 bits per heavy atom. The summed E-state index contributed by atoms with van der Waals surface area (Å²) >= 11 is 0. The molecule has 0 aromatic heterocycles. The topological polar surface area (TPSA) is 38.7 Å². The number of hydrogen-bond donors (Lipinski definition) is 1. The molecule has 0 spiro atoms. The molecular formula is C10H12O3. The molecule has 1 unspecified atom stereocenters. The van der Waals surface area contributed by atoms with Crippen molar-refractivity contribution < 1.29 is 14.6 Å². The lowest BCUT2D eigenvalue weighted by molar-refractivity contribution is 0.232. The van der Waals surface area contributed by atoms with Gasteiger partial charge in [-0.2, -0.15) is 0 Å². The molecule has 1 aliphatic heterocycles. The minimum atomic E-state index is 0.126. The molecule has 0 radical (unpaired) electrons. The van der Waals surface area contributed by atoms with Crippen LogP contribution in [0.4, 0.5) is 0 Å². The number of rotatable bonds is 2. The largest absolute Gasteiger partial charge is 0.497 e. The Labute approximate surface area is 76.9 Å². The minimum absolute atomic E-state index is 0.126. The SMILES string of the molecule is COc1ccc2c(c1)OCC2CO. The van der Waals surface area contributed by atoms with E-state index in [0.29, 0.717) is 6.61 Å². The predicted octanol–water partition coefficient (Wildman–Crippen LogP) is 1.16. The number of benzene rings is 1. The van der Waals surface area contributed by atoms with Crippen LogP contribution in [0, 0.1) is 0 Å². The van der Waals surface area contributed by atoms with Gasteiger partial charge in [0.15, 0.2) is 0 Å². The van der Waals surface area contributed by atoms with Crippen molar-refractivity contribution in [2.75, 3.05) is 20.3 Å².